The molecular weight excluding hydrogens is 194 g/mol. The fourth-order valence-corrected chi connectivity index (χ4v) is 1.06. The second kappa shape index (κ2) is 6.02. The zero-order valence-electron chi connectivity index (χ0n) is 8.68. The molecule has 0 saturated heterocycles. The van der Waals surface area contributed by atoms with E-state index in [9.17, 15) is 4.79 Å². The summed E-state index contributed by atoms with van der Waals surface area (Å²) >= 11 is 0. The van der Waals surface area contributed by atoms with Gasteiger partial charge in [0.15, 0.2) is 0 Å². The van der Waals surface area contributed by atoms with Gasteiger partial charge in [-0.2, -0.15) is 5.10 Å². The molecule has 1 aromatic heterocycles. The van der Waals surface area contributed by atoms with Gasteiger partial charge in [0.1, 0.15) is 0 Å². The van der Waals surface area contributed by atoms with E-state index >= 15 is 0 Å². The molecule has 1 amide bonds. The summed E-state index contributed by atoms with van der Waals surface area (Å²) in [7, 11) is 0. The maximum absolute atomic E-state index is 11.5. The minimum absolute atomic E-state index is 0.189. The van der Waals surface area contributed by atoms with E-state index in [-0.39, 0.29) is 11.9 Å². The average Bonchev–Trinajstić information content (AvgIpc) is 2.27. The van der Waals surface area contributed by atoms with Crippen molar-refractivity contribution in [2.75, 3.05) is 5.32 Å². The Labute approximate surface area is 88.3 Å². The highest BCUT2D eigenvalue weighted by atomic mass is 16.2. The van der Waals surface area contributed by atoms with Crippen LogP contribution in [0.15, 0.2) is 12.4 Å². The topological polar surface area (TPSA) is 93.8 Å². The molecule has 1 heterocycles. The predicted molar refractivity (Wildman–Crippen MR) is 56.0 cm³/mol. The number of hydrogen-bond acceptors (Lipinski definition) is 5. The van der Waals surface area contributed by atoms with E-state index in [1.165, 1.54) is 12.4 Å². The van der Waals surface area contributed by atoms with E-state index in [1.807, 2.05) is 0 Å². The Kier molecular flexibility index (Phi) is 4.62. The quantitative estimate of drug-likeness (QED) is 0.728. The molecule has 0 fully saturated rings. The lowest BCUT2D eigenvalue weighted by atomic mass is 10.1. The molecule has 0 aliphatic heterocycles. The van der Waals surface area contributed by atoms with E-state index < -0.39 is 6.04 Å². The SMILES string of the molecule is CCCC[C@H](N)C(=O)Nc1nccnn1. The fourth-order valence-electron chi connectivity index (χ4n) is 1.06. The van der Waals surface area contributed by atoms with Crippen LogP contribution in [-0.2, 0) is 4.79 Å². The molecule has 0 spiro atoms. The summed E-state index contributed by atoms with van der Waals surface area (Å²) in [6.07, 6.45) is 5.52. The summed E-state index contributed by atoms with van der Waals surface area (Å²) in [5.41, 5.74) is 5.66. The first-order chi connectivity index (χ1) is 7.24. The molecule has 0 unspecified atom stereocenters. The second-order valence-corrected chi connectivity index (χ2v) is 3.20. The third-order valence-electron chi connectivity index (χ3n) is 1.92. The minimum Gasteiger partial charge on any atom is -0.320 e. The molecule has 3 N–H and O–H groups in total. The van der Waals surface area contributed by atoms with Crippen molar-refractivity contribution in [3.63, 3.8) is 0 Å². The van der Waals surface area contributed by atoms with Gasteiger partial charge in [-0.15, -0.1) is 5.10 Å². The fraction of sp³-hybridized carbons (Fsp3) is 0.556. The number of nitrogens with two attached hydrogens (primary N) is 1. The van der Waals surface area contributed by atoms with Crippen LogP contribution >= 0.6 is 0 Å². The molecule has 15 heavy (non-hydrogen) atoms. The first-order valence-electron chi connectivity index (χ1n) is 4.94. The number of unbranched alkanes of at least 4 members (excludes halogenated alkanes) is 1. The molecule has 0 aliphatic rings. The van der Waals surface area contributed by atoms with E-state index in [1.54, 1.807) is 0 Å². The van der Waals surface area contributed by atoms with Gasteiger partial charge in [-0.05, 0) is 6.42 Å². The van der Waals surface area contributed by atoms with Crippen LogP contribution in [0.25, 0.3) is 0 Å². The van der Waals surface area contributed by atoms with Crippen molar-refractivity contribution in [3.05, 3.63) is 12.4 Å². The van der Waals surface area contributed by atoms with Crippen molar-refractivity contribution >= 4 is 11.9 Å². The van der Waals surface area contributed by atoms with Crippen LogP contribution in [0, 0.1) is 0 Å². The Morgan fingerprint density at radius 1 is 1.60 bits per heavy atom. The van der Waals surface area contributed by atoms with Crippen LogP contribution in [0.4, 0.5) is 5.95 Å². The Bertz CT molecular complexity index is 303. The van der Waals surface area contributed by atoms with E-state index in [2.05, 4.69) is 27.4 Å². The third-order valence-corrected chi connectivity index (χ3v) is 1.92. The van der Waals surface area contributed by atoms with Crippen LogP contribution in [-0.4, -0.2) is 27.1 Å². The van der Waals surface area contributed by atoms with Crippen molar-refractivity contribution in [1.82, 2.24) is 15.2 Å². The number of nitrogens with zero attached hydrogens (tertiary/aromatic N) is 3. The number of amides is 1. The van der Waals surface area contributed by atoms with Gasteiger partial charge in [-0.25, -0.2) is 4.98 Å². The monoisotopic (exact) mass is 209 g/mol. The lowest BCUT2D eigenvalue weighted by Gasteiger charge is -2.09. The maximum Gasteiger partial charge on any atom is 0.249 e. The number of hydrogen-bond donors (Lipinski definition) is 2. The van der Waals surface area contributed by atoms with Crippen LogP contribution in [0.5, 0.6) is 0 Å². The number of aromatic nitrogens is 3. The van der Waals surface area contributed by atoms with Crippen LogP contribution < -0.4 is 11.1 Å². The molecule has 82 valence electrons. The summed E-state index contributed by atoms with van der Waals surface area (Å²) in [4.78, 5) is 15.3. The molecule has 6 nitrogen and oxygen atoms in total. The summed E-state index contributed by atoms with van der Waals surface area (Å²) in [5.74, 6) is -0.0779. The van der Waals surface area contributed by atoms with Gasteiger partial charge in [0.25, 0.3) is 0 Å². The van der Waals surface area contributed by atoms with Crippen molar-refractivity contribution < 1.29 is 4.79 Å². The van der Waals surface area contributed by atoms with Gasteiger partial charge in [-0.3, -0.25) is 10.1 Å². The molecule has 0 bridgehead atoms. The number of anilines is 1. The number of rotatable bonds is 5. The second-order valence-electron chi connectivity index (χ2n) is 3.20. The van der Waals surface area contributed by atoms with Crippen LogP contribution in [0.2, 0.25) is 0 Å². The number of carbonyl (C=O) groups is 1. The van der Waals surface area contributed by atoms with Gasteiger partial charge in [-0.1, -0.05) is 19.8 Å². The van der Waals surface area contributed by atoms with Crippen molar-refractivity contribution in [2.24, 2.45) is 5.73 Å². The summed E-state index contributed by atoms with van der Waals surface area (Å²) in [6.45, 7) is 2.05. The Balaban J connectivity index is 2.42. The summed E-state index contributed by atoms with van der Waals surface area (Å²) < 4.78 is 0. The van der Waals surface area contributed by atoms with Crippen LogP contribution in [0.3, 0.4) is 0 Å². The molecule has 1 atom stereocenters. The standard InChI is InChI=1S/C9H15N5O/c1-2-3-4-7(10)8(15)13-9-11-5-6-12-14-9/h5-7H,2-4,10H2,1H3,(H,11,13,14,15)/t7-/m0/s1. The predicted octanol–water partition coefficient (Wildman–Crippen LogP) is 0.328. The number of carbonyl (C=O) groups excluding carboxylic acids is 1. The van der Waals surface area contributed by atoms with E-state index in [0.29, 0.717) is 6.42 Å². The Hall–Kier alpha value is -1.56. The molecule has 0 radical (unpaired) electrons. The summed E-state index contributed by atoms with van der Waals surface area (Å²) in [6, 6.07) is -0.506. The Morgan fingerprint density at radius 3 is 3.00 bits per heavy atom. The number of nitrogens with one attached hydrogen (secondary N) is 1. The normalized spacial score (nSPS) is 12.1. The van der Waals surface area contributed by atoms with Gasteiger partial charge in [0.05, 0.1) is 18.4 Å². The lowest BCUT2D eigenvalue weighted by Crippen LogP contribution is -2.36. The minimum atomic E-state index is -0.506. The molecule has 0 aromatic carbocycles. The van der Waals surface area contributed by atoms with Crippen LogP contribution in [0.1, 0.15) is 26.2 Å². The zero-order chi connectivity index (χ0) is 11.1. The highest BCUT2D eigenvalue weighted by Crippen LogP contribution is 2.00. The highest BCUT2D eigenvalue weighted by Gasteiger charge is 2.13. The van der Waals surface area contributed by atoms with Crippen molar-refractivity contribution in [3.8, 4) is 0 Å². The van der Waals surface area contributed by atoms with E-state index in [0.717, 1.165) is 12.8 Å². The first-order valence-corrected chi connectivity index (χ1v) is 4.94. The van der Waals surface area contributed by atoms with Gasteiger partial charge < -0.3 is 5.73 Å². The lowest BCUT2D eigenvalue weighted by molar-refractivity contribution is -0.117. The largest absolute Gasteiger partial charge is 0.320 e. The molecule has 1 rings (SSSR count). The average molecular weight is 209 g/mol. The van der Waals surface area contributed by atoms with E-state index in [4.69, 9.17) is 5.73 Å². The van der Waals surface area contributed by atoms with Crippen molar-refractivity contribution in [2.45, 2.75) is 32.2 Å². The maximum atomic E-state index is 11.5. The third kappa shape index (κ3) is 3.99. The van der Waals surface area contributed by atoms with Gasteiger partial charge in [0.2, 0.25) is 11.9 Å². The Morgan fingerprint density at radius 2 is 2.40 bits per heavy atom. The zero-order valence-corrected chi connectivity index (χ0v) is 8.68. The smallest absolute Gasteiger partial charge is 0.249 e. The summed E-state index contributed by atoms with van der Waals surface area (Å²) in [5, 5.41) is 9.73. The van der Waals surface area contributed by atoms with Gasteiger partial charge in [0, 0.05) is 0 Å². The molecule has 0 aliphatic carbocycles. The van der Waals surface area contributed by atoms with Gasteiger partial charge >= 0.3 is 0 Å². The van der Waals surface area contributed by atoms with Crippen molar-refractivity contribution in [1.29, 1.82) is 0 Å². The molecule has 0 saturated carbocycles. The molecule has 1 aromatic rings. The first kappa shape index (κ1) is 11.5. The highest BCUT2D eigenvalue weighted by molar-refractivity contribution is 5.93. The molecular formula is C9H15N5O. The molecule has 6 heteroatoms.